The van der Waals surface area contributed by atoms with Crippen LogP contribution in [0.4, 0.5) is 17.1 Å². The molecule has 1 unspecified atom stereocenters. The molecule has 2 nitrogen and oxygen atoms in total. The fraction of sp³-hybridized carbons (Fsp3) is 0.182. The average molecular weight is 883 g/mol. The molecule has 0 aliphatic carbocycles. The number of rotatable bonds is 12. The summed E-state index contributed by atoms with van der Waals surface area (Å²) in [6.45, 7) is 16.2. The Labute approximate surface area is 404 Å². The van der Waals surface area contributed by atoms with Crippen LogP contribution in [-0.2, 0) is 5.41 Å². The Balaban J connectivity index is 1.04. The van der Waals surface area contributed by atoms with E-state index < -0.39 is 0 Å². The Morgan fingerprint density at radius 3 is 1.15 bits per heavy atom. The van der Waals surface area contributed by atoms with Gasteiger partial charge in [-0.15, -0.1) is 0 Å². The lowest BCUT2D eigenvalue weighted by molar-refractivity contribution is 0.408. The van der Waals surface area contributed by atoms with Gasteiger partial charge in [0.25, 0.3) is 0 Å². The van der Waals surface area contributed by atoms with Gasteiger partial charge in [-0.05, 0) is 158 Å². The first-order valence-corrected chi connectivity index (χ1v) is 24.5. The highest BCUT2D eigenvalue weighted by molar-refractivity contribution is 6.11. The lowest BCUT2D eigenvalue weighted by atomic mass is 9.82. The summed E-state index contributed by atoms with van der Waals surface area (Å²) in [7, 11) is 0. The van der Waals surface area contributed by atoms with E-state index >= 15 is 0 Å². The molecule has 0 aliphatic rings. The van der Waals surface area contributed by atoms with Gasteiger partial charge in [-0.2, -0.15) is 0 Å². The van der Waals surface area contributed by atoms with E-state index in [-0.39, 0.29) is 5.41 Å². The molecule has 0 saturated heterocycles. The van der Waals surface area contributed by atoms with Gasteiger partial charge in [0, 0.05) is 33.5 Å². The van der Waals surface area contributed by atoms with E-state index in [1.807, 2.05) is 0 Å². The number of aromatic nitrogens is 1. The Morgan fingerprint density at radius 1 is 0.397 bits per heavy atom. The number of hydrogen-bond acceptors (Lipinski definition) is 1. The third kappa shape index (κ3) is 9.04. The summed E-state index contributed by atoms with van der Waals surface area (Å²) in [5, 5.41) is 2.50. The lowest BCUT2D eigenvalue weighted by Gasteiger charge is -2.26. The van der Waals surface area contributed by atoms with Crippen LogP contribution in [0.3, 0.4) is 0 Å². The highest BCUT2D eigenvalue weighted by atomic mass is 15.1. The molecule has 1 aromatic heterocycles. The Kier molecular flexibility index (Phi) is 12.2. The van der Waals surface area contributed by atoms with Crippen LogP contribution in [0.2, 0.25) is 0 Å². The van der Waals surface area contributed by atoms with Gasteiger partial charge in [-0.25, -0.2) is 0 Å². The maximum atomic E-state index is 2.44. The van der Waals surface area contributed by atoms with Crippen LogP contribution in [-0.4, -0.2) is 4.57 Å². The van der Waals surface area contributed by atoms with Crippen LogP contribution in [0.5, 0.6) is 0 Å². The normalized spacial score (nSPS) is 12.3. The fourth-order valence-corrected chi connectivity index (χ4v) is 10.1. The summed E-state index contributed by atoms with van der Waals surface area (Å²) >= 11 is 0. The fourth-order valence-electron chi connectivity index (χ4n) is 10.1. The zero-order chi connectivity index (χ0) is 46.9. The SMILES string of the molecule is CC(C)CC(c1ccc(-c2ccc3c(c2)c2cc(-c4ccc(N(c5ccc(-c6ccccc6)cc5)c5ccc(-c6ccccc6)cc5)cc4)ccc2n3-c2ccc(C(C)(C)C)cc2)cc1)C(C)C. The van der Waals surface area contributed by atoms with Crippen molar-refractivity contribution in [2.45, 2.75) is 66.2 Å². The van der Waals surface area contributed by atoms with Gasteiger partial charge in [0.15, 0.2) is 0 Å². The van der Waals surface area contributed by atoms with Crippen molar-refractivity contribution < 1.29 is 0 Å². The van der Waals surface area contributed by atoms with Crippen molar-refractivity contribution in [3.63, 3.8) is 0 Å². The first-order chi connectivity index (χ1) is 33.0. The van der Waals surface area contributed by atoms with E-state index in [2.05, 4.69) is 276 Å². The second-order valence-corrected chi connectivity index (χ2v) is 20.4. The maximum Gasteiger partial charge on any atom is 0.0541 e. The third-order valence-electron chi connectivity index (χ3n) is 13.9. The summed E-state index contributed by atoms with van der Waals surface area (Å²) in [6, 6.07) is 80.8. The molecular formula is C66H62N2. The number of fused-ring (bicyclic) bond motifs is 3. The molecule has 0 spiro atoms. The quantitative estimate of drug-likeness (QED) is 0.119. The summed E-state index contributed by atoms with van der Waals surface area (Å²) < 4.78 is 2.44. The van der Waals surface area contributed by atoms with E-state index in [1.54, 1.807) is 0 Å². The number of hydrogen-bond donors (Lipinski definition) is 0. The average Bonchev–Trinajstić information content (AvgIpc) is 3.69. The van der Waals surface area contributed by atoms with E-state index in [1.165, 1.54) is 89.5 Å². The minimum Gasteiger partial charge on any atom is -0.311 e. The van der Waals surface area contributed by atoms with Gasteiger partial charge < -0.3 is 9.47 Å². The van der Waals surface area contributed by atoms with Gasteiger partial charge in [-0.1, -0.05) is 194 Å². The van der Waals surface area contributed by atoms with Gasteiger partial charge in [0.1, 0.15) is 0 Å². The van der Waals surface area contributed by atoms with Crippen LogP contribution in [0.25, 0.3) is 72.0 Å². The van der Waals surface area contributed by atoms with Gasteiger partial charge in [0.2, 0.25) is 0 Å². The standard InChI is InChI=1S/C66H62N2/c1-45(2)42-61(46(3)4)53-20-18-51(19-21-53)54-28-40-64-62(43-54)63-44-55(29-41-65(63)68(64)60-38-30-56(31-39-60)66(5,6)7)52-26-36-59(37-27-52)67(57-32-22-49(23-33-57)47-14-10-8-11-15-47)58-34-24-50(25-35-58)48-16-12-9-13-17-48/h8-41,43-46,61H,42H2,1-7H3. The molecule has 10 aromatic rings. The van der Waals surface area contributed by atoms with Crippen molar-refractivity contribution in [2.75, 3.05) is 4.90 Å². The van der Waals surface area contributed by atoms with Crippen LogP contribution >= 0.6 is 0 Å². The molecule has 0 saturated carbocycles. The molecule has 9 aromatic carbocycles. The molecule has 1 heterocycles. The summed E-state index contributed by atoms with van der Waals surface area (Å²) in [5.74, 6) is 1.82. The Hall–Kier alpha value is -7.42. The predicted octanol–water partition coefficient (Wildman–Crippen LogP) is 19.0. The first-order valence-electron chi connectivity index (χ1n) is 24.5. The monoisotopic (exact) mass is 882 g/mol. The molecule has 0 radical (unpaired) electrons. The highest BCUT2D eigenvalue weighted by Crippen LogP contribution is 2.41. The van der Waals surface area contributed by atoms with Gasteiger partial charge >= 0.3 is 0 Å². The van der Waals surface area contributed by atoms with Crippen molar-refractivity contribution in [2.24, 2.45) is 11.8 Å². The number of benzene rings is 9. The van der Waals surface area contributed by atoms with Crippen molar-refractivity contribution in [1.29, 1.82) is 0 Å². The molecular weight excluding hydrogens is 821 g/mol. The highest BCUT2D eigenvalue weighted by Gasteiger charge is 2.20. The van der Waals surface area contributed by atoms with Gasteiger partial charge in [-0.3, -0.25) is 0 Å². The van der Waals surface area contributed by atoms with Crippen molar-refractivity contribution in [1.82, 2.24) is 4.57 Å². The van der Waals surface area contributed by atoms with E-state index in [0.29, 0.717) is 17.8 Å². The minimum atomic E-state index is 0.0786. The Bertz CT molecular complexity index is 3200. The largest absolute Gasteiger partial charge is 0.311 e. The van der Waals surface area contributed by atoms with E-state index in [9.17, 15) is 0 Å². The third-order valence-corrected chi connectivity index (χ3v) is 13.9. The van der Waals surface area contributed by atoms with E-state index in [4.69, 9.17) is 0 Å². The summed E-state index contributed by atoms with van der Waals surface area (Å²) in [5.41, 5.74) is 19.4. The molecule has 0 bridgehead atoms. The molecule has 0 N–H and O–H groups in total. The van der Waals surface area contributed by atoms with Crippen molar-refractivity contribution in [3.8, 4) is 50.2 Å². The molecule has 2 heteroatoms. The summed E-state index contributed by atoms with van der Waals surface area (Å²) in [4.78, 5) is 2.36. The molecule has 0 amide bonds. The van der Waals surface area contributed by atoms with E-state index in [0.717, 1.165) is 17.1 Å². The number of nitrogens with zero attached hydrogens (tertiary/aromatic N) is 2. The first kappa shape index (κ1) is 44.4. The van der Waals surface area contributed by atoms with Crippen LogP contribution in [0, 0.1) is 11.8 Å². The smallest absolute Gasteiger partial charge is 0.0541 e. The lowest BCUT2D eigenvalue weighted by Crippen LogP contribution is -2.10. The maximum absolute atomic E-state index is 2.44. The van der Waals surface area contributed by atoms with Crippen LogP contribution in [0.1, 0.15) is 71.9 Å². The molecule has 0 fully saturated rings. The molecule has 0 aliphatic heterocycles. The molecule has 1 atom stereocenters. The van der Waals surface area contributed by atoms with Gasteiger partial charge in [0.05, 0.1) is 11.0 Å². The molecule has 336 valence electrons. The topological polar surface area (TPSA) is 8.17 Å². The minimum absolute atomic E-state index is 0.0786. The number of anilines is 3. The molecule has 10 rings (SSSR count). The second-order valence-electron chi connectivity index (χ2n) is 20.4. The van der Waals surface area contributed by atoms with Crippen molar-refractivity contribution >= 4 is 38.9 Å². The predicted molar refractivity (Wildman–Crippen MR) is 293 cm³/mol. The van der Waals surface area contributed by atoms with Crippen LogP contribution in [0.15, 0.2) is 218 Å². The summed E-state index contributed by atoms with van der Waals surface area (Å²) in [6.07, 6.45) is 1.20. The van der Waals surface area contributed by atoms with Crippen molar-refractivity contribution in [3.05, 3.63) is 230 Å². The Morgan fingerprint density at radius 2 is 0.765 bits per heavy atom. The zero-order valence-electron chi connectivity index (χ0n) is 40.6. The zero-order valence-corrected chi connectivity index (χ0v) is 40.6. The second kappa shape index (κ2) is 18.7. The molecule has 68 heavy (non-hydrogen) atoms. The van der Waals surface area contributed by atoms with Crippen LogP contribution < -0.4 is 4.90 Å².